The molecule has 0 bridgehead atoms. The molecule has 12 nitrogen and oxygen atoms in total. The number of hydrogen-bond donors (Lipinski definition) is 2. The second kappa shape index (κ2) is 10.7. The summed E-state index contributed by atoms with van der Waals surface area (Å²) in [6, 6.07) is 10.5. The van der Waals surface area contributed by atoms with Gasteiger partial charge in [0.2, 0.25) is 5.95 Å². The number of alkyl carbamates (subject to hydrolysis) is 1. The number of amides is 1. The van der Waals surface area contributed by atoms with Crippen LogP contribution in [0.3, 0.4) is 0 Å². The molecule has 0 radical (unpaired) electrons. The number of carbonyl (C=O) groups excluding carboxylic acids is 1. The Morgan fingerprint density at radius 2 is 1.84 bits per heavy atom. The Morgan fingerprint density at radius 1 is 1.09 bits per heavy atom. The standard InChI is InChI=1S/C31H35N9O3/c1-29(2,3)43-28(41)38-30(4)11-13-39(14-12-30)23-7-5-22(6-8-23)36-27-34-16-24(25-17-33-20-42-25)26(37-27)21-15-35-40(18-21)31(19-32)9-10-31/h5-8,15-18,20H,9-14H2,1-4H3,(H,38,41)(H,34,36,37). The normalized spacial score (nSPS) is 17.1. The zero-order valence-electron chi connectivity index (χ0n) is 24.8. The summed E-state index contributed by atoms with van der Waals surface area (Å²) in [5.74, 6) is 0.959. The Kier molecular flexibility index (Phi) is 7.04. The summed E-state index contributed by atoms with van der Waals surface area (Å²) >= 11 is 0. The molecule has 0 spiro atoms. The van der Waals surface area contributed by atoms with Crippen LogP contribution in [0.1, 0.15) is 53.4 Å². The number of aromatic nitrogens is 5. The Balaban J connectivity index is 1.14. The molecule has 12 heteroatoms. The lowest BCUT2D eigenvalue weighted by atomic mass is 9.89. The molecule has 43 heavy (non-hydrogen) atoms. The van der Waals surface area contributed by atoms with Crippen LogP contribution >= 0.6 is 0 Å². The van der Waals surface area contributed by atoms with E-state index >= 15 is 0 Å². The number of rotatable bonds is 7. The quantitative estimate of drug-likeness (QED) is 0.281. The minimum Gasteiger partial charge on any atom is -0.444 e. The molecule has 0 unspecified atom stereocenters. The number of ether oxygens (including phenoxy) is 1. The fraction of sp³-hybridized carbons (Fsp3) is 0.419. The van der Waals surface area contributed by atoms with Gasteiger partial charge in [0.05, 0.1) is 29.7 Å². The molecule has 1 aliphatic carbocycles. The van der Waals surface area contributed by atoms with Gasteiger partial charge in [-0.25, -0.2) is 19.7 Å². The smallest absolute Gasteiger partial charge is 0.408 e. The summed E-state index contributed by atoms with van der Waals surface area (Å²) in [7, 11) is 0. The molecular weight excluding hydrogens is 546 g/mol. The number of carbonyl (C=O) groups is 1. The second-order valence-corrected chi connectivity index (χ2v) is 12.5. The molecule has 1 saturated heterocycles. The van der Waals surface area contributed by atoms with Gasteiger partial charge in [-0.15, -0.1) is 0 Å². The average Bonchev–Trinajstić information content (AvgIpc) is 3.32. The summed E-state index contributed by atoms with van der Waals surface area (Å²) < 4.78 is 12.7. The highest BCUT2D eigenvalue weighted by Gasteiger charge is 2.46. The van der Waals surface area contributed by atoms with Gasteiger partial charge in [-0.3, -0.25) is 4.68 Å². The first-order valence-corrected chi connectivity index (χ1v) is 14.4. The van der Waals surface area contributed by atoms with Gasteiger partial charge < -0.3 is 24.7 Å². The molecule has 6 rings (SSSR count). The van der Waals surface area contributed by atoms with Crippen molar-refractivity contribution in [2.45, 2.75) is 70.1 Å². The van der Waals surface area contributed by atoms with Gasteiger partial charge in [-0.1, -0.05) is 0 Å². The second-order valence-electron chi connectivity index (χ2n) is 12.5. The van der Waals surface area contributed by atoms with Gasteiger partial charge in [-0.05, 0) is 77.6 Å². The van der Waals surface area contributed by atoms with Crippen LogP contribution in [-0.4, -0.2) is 55.1 Å². The fourth-order valence-electron chi connectivity index (χ4n) is 5.20. The number of hydrogen-bond acceptors (Lipinski definition) is 10. The first-order valence-electron chi connectivity index (χ1n) is 14.4. The maximum Gasteiger partial charge on any atom is 0.408 e. The van der Waals surface area contributed by atoms with Crippen molar-refractivity contribution in [1.82, 2.24) is 30.0 Å². The molecule has 2 fully saturated rings. The van der Waals surface area contributed by atoms with Gasteiger partial charge >= 0.3 is 6.09 Å². The van der Waals surface area contributed by atoms with Crippen LogP contribution in [-0.2, 0) is 10.3 Å². The maximum atomic E-state index is 12.3. The van der Waals surface area contributed by atoms with E-state index in [4.69, 9.17) is 14.1 Å². The largest absolute Gasteiger partial charge is 0.444 e. The van der Waals surface area contributed by atoms with Gasteiger partial charge in [0.15, 0.2) is 12.2 Å². The van der Waals surface area contributed by atoms with Crippen molar-refractivity contribution < 1.29 is 13.9 Å². The molecule has 1 aromatic carbocycles. The minimum atomic E-state index is -0.567. The zero-order chi connectivity index (χ0) is 30.2. The molecule has 1 aliphatic heterocycles. The zero-order valence-corrected chi connectivity index (χ0v) is 24.8. The summed E-state index contributed by atoms with van der Waals surface area (Å²) in [6.07, 6.45) is 11.1. The van der Waals surface area contributed by atoms with E-state index in [9.17, 15) is 10.1 Å². The van der Waals surface area contributed by atoms with Crippen LogP contribution in [0.15, 0.2) is 59.9 Å². The van der Waals surface area contributed by atoms with Crippen LogP contribution in [0.2, 0.25) is 0 Å². The Morgan fingerprint density at radius 3 is 2.47 bits per heavy atom. The van der Waals surface area contributed by atoms with Crippen molar-refractivity contribution in [1.29, 1.82) is 5.26 Å². The Bertz CT molecular complexity index is 1640. The number of nitrogens with zero attached hydrogens (tertiary/aromatic N) is 7. The molecule has 1 saturated carbocycles. The molecule has 4 aromatic rings. The highest BCUT2D eigenvalue weighted by molar-refractivity contribution is 5.78. The van der Waals surface area contributed by atoms with E-state index in [0.29, 0.717) is 23.0 Å². The third-order valence-corrected chi connectivity index (χ3v) is 7.87. The van der Waals surface area contributed by atoms with Crippen LogP contribution in [0.4, 0.5) is 22.1 Å². The van der Waals surface area contributed by atoms with Gasteiger partial charge in [0, 0.05) is 48.0 Å². The Labute approximate surface area is 250 Å². The summed E-state index contributed by atoms with van der Waals surface area (Å²) in [5, 5.41) is 20.4. The predicted octanol–water partition coefficient (Wildman–Crippen LogP) is 5.63. The first-order chi connectivity index (χ1) is 20.5. The summed E-state index contributed by atoms with van der Waals surface area (Å²) in [4.78, 5) is 28.0. The van der Waals surface area contributed by atoms with Gasteiger partial charge in [0.1, 0.15) is 11.1 Å². The lowest BCUT2D eigenvalue weighted by Crippen LogP contribution is -2.54. The molecule has 0 atom stereocenters. The van der Waals surface area contributed by atoms with Crippen molar-refractivity contribution >= 4 is 23.4 Å². The van der Waals surface area contributed by atoms with Gasteiger partial charge in [0.25, 0.3) is 0 Å². The molecule has 4 heterocycles. The number of oxazole rings is 1. The van der Waals surface area contributed by atoms with E-state index in [-0.39, 0.29) is 11.6 Å². The molecule has 222 valence electrons. The topological polar surface area (TPSA) is 147 Å². The maximum absolute atomic E-state index is 12.3. The highest BCUT2D eigenvalue weighted by Crippen LogP contribution is 2.43. The summed E-state index contributed by atoms with van der Waals surface area (Å²) in [6.45, 7) is 9.30. The monoisotopic (exact) mass is 581 g/mol. The third-order valence-electron chi connectivity index (χ3n) is 7.87. The van der Waals surface area contributed by atoms with Crippen LogP contribution in [0.25, 0.3) is 22.6 Å². The summed E-state index contributed by atoms with van der Waals surface area (Å²) in [5.41, 5.74) is 2.61. The first kappa shape index (κ1) is 28.2. The molecule has 2 aliphatic rings. The Hall–Kier alpha value is -4.92. The van der Waals surface area contributed by atoms with Crippen molar-refractivity contribution in [2.24, 2.45) is 0 Å². The van der Waals surface area contributed by atoms with Crippen molar-refractivity contribution in [3.8, 4) is 28.7 Å². The van der Waals surface area contributed by atoms with E-state index in [1.54, 1.807) is 23.3 Å². The number of nitrogens with one attached hydrogen (secondary N) is 2. The molecule has 1 amide bonds. The number of nitriles is 1. The van der Waals surface area contributed by atoms with Crippen LogP contribution in [0, 0.1) is 11.3 Å². The third kappa shape index (κ3) is 6.16. The van der Waals surface area contributed by atoms with Crippen LogP contribution in [0.5, 0.6) is 0 Å². The molecule has 3 aromatic heterocycles. The highest BCUT2D eigenvalue weighted by atomic mass is 16.6. The van der Waals surface area contributed by atoms with E-state index < -0.39 is 11.1 Å². The van der Waals surface area contributed by atoms with E-state index in [1.807, 2.05) is 39.1 Å². The number of piperidine rings is 1. The van der Waals surface area contributed by atoms with E-state index in [1.165, 1.54) is 6.39 Å². The SMILES string of the molecule is CC1(NC(=O)OC(C)(C)C)CCN(c2ccc(Nc3ncc(-c4cnco4)c(-c4cnn(C5(C#N)CC5)c4)n3)cc2)CC1. The van der Waals surface area contributed by atoms with Crippen molar-refractivity contribution in [3.05, 3.63) is 55.4 Å². The van der Waals surface area contributed by atoms with Crippen molar-refractivity contribution in [2.75, 3.05) is 23.3 Å². The van der Waals surface area contributed by atoms with Crippen LogP contribution < -0.4 is 15.5 Å². The van der Waals surface area contributed by atoms with Crippen molar-refractivity contribution in [3.63, 3.8) is 0 Å². The molecule has 2 N–H and O–H groups in total. The average molecular weight is 582 g/mol. The number of anilines is 3. The fourth-order valence-corrected chi connectivity index (χ4v) is 5.20. The lowest BCUT2D eigenvalue weighted by molar-refractivity contribution is 0.0448. The van der Waals surface area contributed by atoms with Gasteiger partial charge in [-0.2, -0.15) is 10.4 Å². The number of benzene rings is 1. The minimum absolute atomic E-state index is 0.308. The lowest BCUT2D eigenvalue weighted by Gasteiger charge is -2.41. The molecular formula is C31H35N9O3. The van der Waals surface area contributed by atoms with E-state index in [2.05, 4.69) is 55.7 Å². The van der Waals surface area contributed by atoms with E-state index in [0.717, 1.165) is 55.7 Å². The predicted molar refractivity (Wildman–Crippen MR) is 161 cm³/mol.